The molecule has 2 fully saturated rings. The van der Waals surface area contributed by atoms with Crippen LogP contribution in [0.2, 0.25) is 0 Å². The van der Waals surface area contributed by atoms with Gasteiger partial charge in [0, 0.05) is 26.6 Å². The summed E-state index contributed by atoms with van der Waals surface area (Å²) in [6, 6.07) is 0. The molecule has 104 valence electrons. The molecule has 0 amide bonds. The maximum absolute atomic E-state index is 10.9. The number of hydrogen-bond donors (Lipinski definition) is 1. The van der Waals surface area contributed by atoms with Crippen molar-refractivity contribution in [2.75, 3.05) is 32.7 Å². The number of rotatable bonds is 4. The van der Waals surface area contributed by atoms with Gasteiger partial charge in [0.15, 0.2) is 5.82 Å². The van der Waals surface area contributed by atoms with Crippen LogP contribution in [-0.2, 0) is 6.54 Å². The minimum absolute atomic E-state index is 0.0959. The fourth-order valence-corrected chi connectivity index (χ4v) is 3.25. The Kier molecular flexibility index (Phi) is 3.24. The van der Waals surface area contributed by atoms with Crippen LogP contribution in [0.4, 0.5) is 5.82 Å². The van der Waals surface area contributed by atoms with Crippen molar-refractivity contribution >= 4 is 5.82 Å². The topological polar surface area (TPSA) is 76.2 Å². The van der Waals surface area contributed by atoms with Gasteiger partial charge >= 0.3 is 5.82 Å². The average Bonchev–Trinajstić information content (AvgIpc) is 3.00. The van der Waals surface area contributed by atoms with Gasteiger partial charge in [-0.3, -0.25) is 4.90 Å². The van der Waals surface area contributed by atoms with Crippen LogP contribution in [0.1, 0.15) is 5.82 Å². The van der Waals surface area contributed by atoms with Crippen molar-refractivity contribution in [3.63, 3.8) is 0 Å². The van der Waals surface area contributed by atoms with E-state index in [0.717, 1.165) is 44.6 Å². The first-order valence-corrected chi connectivity index (χ1v) is 6.74. The highest BCUT2D eigenvalue weighted by molar-refractivity contribution is 5.18. The lowest BCUT2D eigenvalue weighted by Crippen LogP contribution is -2.29. The Bertz CT molecular complexity index is 474. The average molecular weight is 265 g/mol. The van der Waals surface area contributed by atoms with Crippen molar-refractivity contribution in [3.8, 4) is 0 Å². The van der Waals surface area contributed by atoms with E-state index in [1.54, 1.807) is 4.57 Å². The third kappa shape index (κ3) is 2.35. The summed E-state index contributed by atoms with van der Waals surface area (Å²) in [6.07, 6.45) is 1.35. The number of fused-ring (bicyclic) bond motifs is 1. The SMILES string of the molecule is Cc1ncc([N+](=O)[O-])n1CCN1CC2CNCC2C1. The van der Waals surface area contributed by atoms with Crippen LogP contribution in [0.25, 0.3) is 0 Å². The molecule has 7 nitrogen and oxygen atoms in total. The van der Waals surface area contributed by atoms with Gasteiger partial charge in [-0.25, -0.2) is 9.55 Å². The van der Waals surface area contributed by atoms with Crippen molar-refractivity contribution in [1.82, 2.24) is 19.8 Å². The Labute approximate surface area is 111 Å². The Balaban J connectivity index is 1.61. The first-order chi connectivity index (χ1) is 9.15. The van der Waals surface area contributed by atoms with E-state index in [1.807, 2.05) is 6.92 Å². The summed E-state index contributed by atoms with van der Waals surface area (Å²) < 4.78 is 1.70. The van der Waals surface area contributed by atoms with E-state index in [9.17, 15) is 10.1 Å². The van der Waals surface area contributed by atoms with Gasteiger partial charge in [0.05, 0.1) is 0 Å². The van der Waals surface area contributed by atoms with E-state index in [1.165, 1.54) is 6.20 Å². The molecule has 2 saturated heterocycles. The summed E-state index contributed by atoms with van der Waals surface area (Å²) in [4.78, 5) is 17.0. The molecule has 3 rings (SSSR count). The van der Waals surface area contributed by atoms with Crippen LogP contribution in [0.3, 0.4) is 0 Å². The molecule has 3 heterocycles. The monoisotopic (exact) mass is 265 g/mol. The summed E-state index contributed by atoms with van der Waals surface area (Å²) >= 11 is 0. The van der Waals surface area contributed by atoms with Gasteiger partial charge in [-0.15, -0.1) is 0 Å². The molecule has 0 saturated carbocycles. The lowest BCUT2D eigenvalue weighted by Gasteiger charge is -2.16. The highest BCUT2D eigenvalue weighted by Gasteiger charge is 2.36. The molecule has 0 aromatic carbocycles. The zero-order valence-corrected chi connectivity index (χ0v) is 11.1. The van der Waals surface area contributed by atoms with Crippen molar-refractivity contribution in [3.05, 3.63) is 22.1 Å². The third-order valence-electron chi connectivity index (χ3n) is 4.33. The van der Waals surface area contributed by atoms with E-state index in [4.69, 9.17) is 0 Å². The molecule has 0 radical (unpaired) electrons. The van der Waals surface area contributed by atoms with E-state index in [-0.39, 0.29) is 10.7 Å². The van der Waals surface area contributed by atoms with Gasteiger partial charge in [-0.05, 0) is 29.8 Å². The van der Waals surface area contributed by atoms with Gasteiger partial charge in [0.2, 0.25) is 0 Å². The lowest BCUT2D eigenvalue weighted by atomic mass is 10.0. The molecular formula is C12H19N5O2. The molecular weight excluding hydrogens is 246 g/mol. The Morgan fingerprint density at radius 2 is 2.11 bits per heavy atom. The zero-order valence-electron chi connectivity index (χ0n) is 11.1. The van der Waals surface area contributed by atoms with Gasteiger partial charge in [-0.1, -0.05) is 0 Å². The molecule has 0 spiro atoms. The summed E-state index contributed by atoms with van der Waals surface area (Å²) in [5.74, 6) is 2.34. The first kappa shape index (κ1) is 12.6. The summed E-state index contributed by atoms with van der Waals surface area (Å²) in [5.41, 5.74) is 0. The van der Waals surface area contributed by atoms with Crippen molar-refractivity contribution < 1.29 is 4.92 Å². The fraction of sp³-hybridized carbons (Fsp3) is 0.750. The number of hydrogen-bond acceptors (Lipinski definition) is 5. The van der Waals surface area contributed by atoms with E-state index in [2.05, 4.69) is 15.2 Å². The third-order valence-corrected chi connectivity index (χ3v) is 4.33. The highest BCUT2D eigenvalue weighted by atomic mass is 16.6. The van der Waals surface area contributed by atoms with Crippen molar-refractivity contribution in [2.24, 2.45) is 11.8 Å². The zero-order chi connectivity index (χ0) is 13.4. The summed E-state index contributed by atoms with van der Waals surface area (Å²) in [7, 11) is 0. The van der Waals surface area contributed by atoms with Crippen LogP contribution in [0, 0.1) is 28.9 Å². The molecule has 1 N–H and O–H groups in total. The second-order valence-electron chi connectivity index (χ2n) is 5.51. The van der Waals surface area contributed by atoms with Gasteiger partial charge < -0.3 is 15.4 Å². The number of nitro groups is 1. The number of aromatic nitrogens is 2. The van der Waals surface area contributed by atoms with Crippen molar-refractivity contribution in [2.45, 2.75) is 13.5 Å². The second-order valence-corrected chi connectivity index (χ2v) is 5.51. The standard InChI is InChI=1S/C12H19N5O2/c1-9-14-6-12(17(18)19)16(9)3-2-15-7-10-4-13-5-11(10)8-15/h6,10-11,13H,2-5,7-8H2,1H3. The van der Waals surface area contributed by atoms with E-state index < -0.39 is 0 Å². The van der Waals surface area contributed by atoms with Crippen LogP contribution in [-0.4, -0.2) is 52.1 Å². The summed E-state index contributed by atoms with van der Waals surface area (Å²) in [5, 5.41) is 14.3. The molecule has 2 atom stereocenters. The number of aryl methyl sites for hydroxylation is 1. The molecule has 1 aromatic heterocycles. The largest absolute Gasteiger partial charge is 0.358 e. The van der Waals surface area contributed by atoms with Crippen LogP contribution < -0.4 is 5.32 Å². The smallest absolute Gasteiger partial charge is 0.342 e. The minimum atomic E-state index is -0.358. The molecule has 7 heteroatoms. The predicted molar refractivity (Wildman–Crippen MR) is 69.9 cm³/mol. The van der Waals surface area contributed by atoms with Crippen molar-refractivity contribution in [1.29, 1.82) is 0 Å². The molecule has 2 unspecified atom stereocenters. The molecule has 0 bridgehead atoms. The Hall–Kier alpha value is -1.47. The van der Waals surface area contributed by atoms with Gasteiger partial charge in [0.1, 0.15) is 12.7 Å². The highest BCUT2D eigenvalue weighted by Crippen LogP contribution is 2.26. The first-order valence-electron chi connectivity index (χ1n) is 6.74. The molecule has 2 aliphatic heterocycles. The van der Waals surface area contributed by atoms with Crippen LogP contribution in [0.5, 0.6) is 0 Å². The number of nitrogens with zero attached hydrogens (tertiary/aromatic N) is 4. The normalized spacial score (nSPS) is 26.8. The van der Waals surface area contributed by atoms with Crippen LogP contribution in [0.15, 0.2) is 6.20 Å². The molecule has 19 heavy (non-hydrogen) atoms. The summed E-state index contributed by atoms with van der Waals surface area (Å²) in [6.45, 7) is 7.78. The second kappa shape index (κ2) is 4.90. The van der Waals surface area contributed by atoms with Gasteiger partial charge in [-0.2, -0.15) is 0 Å². The van der Waals surface area contributed by atoms with E-state index in [0.29, 0.717) is 12.4 Å². The molecule has 1 aromatic rings. The number of likely N-dealkylation sites (tertiary alicyclic amines) is 1. The predicted octanol–water partition coefficient (Wildman–Crippen LogP) is 0.251. The van der Waals surface area contributed by atoms with Crippen LogP contribution >= 0.6 is 0 Å². The fourth-order valence-electron chi connectivity index (χ4n) is 3.25. The lowest BCUT2D eigenvalue weighted by molar-refractivity contribution is -0.392. The number of imidazole rings is 1. The molecule has 0 aliphatic carbocycles. The van der Waals surface area contributed by atoms with Gasteiger partial charge in [0.25, 0.3) is 0 Å². The minimum Gasteiger partial charge on any atom is -0.358 e. The maximum atomic E-state index is 10.9. The van der Waals surface area contributed by atoms with E-state index >= 15 is 0 Å². The quantitative estimate of drug-likeness (QED) is 0.624. The maximum Gasteiger partial charge on any atom is 0.342 e. The Morgan fingerprint density at radius 1 is 1.42 bits per heavy atom. The molecule has 2 aliphatic rings. The Morgan fingerprint density at radius 3 is 2.74 bits per heavy atom. The number of nitrogens with one attached hydrogen (secondary N) is 1.